The highest BCUT2D eigenvalue weighted by molar-refractivity contribution is 9.10. The summed E-state index contributed by atoms with van der Waals surface area (Å²) in [5.74, 6) is 0. The number of rotatable bonds is 1. The number of benzene rings is 2. The Morgan fingerprint density at radius 2 is 1.76 bits per heavy atom. The largest absolute Gasteiger partial charge is 0.247 e. The quantitative estimate of drug-likeness (QED) is 0.342. The molecule has 0 bridgehead atoms. The topological polar surface area (TPSA) is 43.6 Å². The van der Waals surface area contributed by atoms with Crippen LogP contribution in [0.25, 0.3) is 38.5 Å². The average Bonchev–Trinajstić information content (AvgIpc) is 3.08. The van der Waals surface area contributed by atoms with E-state index in [0.29, 0.717) is 5.02 Å². The van der Waals surface area contributed by atoms with Crippen LogP contribution in [0.3, 0.4) is 0 Å². The van der Waals surface area contributed by atoms with E-state index in [9.17, 15) is 0 Å². The SMILES string of the molecule is Clc1c2cc(Br)ccc2nc2c1cnc1c2cnn1-c1ccccc1. The number of para-hydroxylation sites is 1. The van der Waals surface area contributed by atoms with Crippen molar-refractivity contribution in [3.05, 3.63) is 70.4 Å². The van der Waals surface area contributed by atoms with E-state index in [1.807, 2.05) is 53.2 Å². The predicted octanol–water partition coefficient (Wildman–Crippen LogP) is 5.54. The first-order valence-electron chi connectivity index (χ1n) is 7.69. The molecule has 0 N–H and O–H groups in total. The monoisotopic (exact) mass is 408 g/mol. The molecule has 0 aliphatic carbocycles. The van der Waals surface area contributed by atoms with Gasteiger partial charge in [-0.1, -0.05) is 45.7 Å². The summed E-state index contributed by atoms with van der Waals surface area (Å²) in [6.45, 7) is 0. The number of nitrogens with zero attached hydrogens (tertiary/aromatic N) is 4. The molecule has 120 valence electrons. The lowest BCUT2D eigenvalue weighted by Gasteiger charge is -2.07. The summed E-state index contributed by atoms with van der Waals surface area (Å²) < 4.78 is 2.78. The minimum absolute atomic E-state index is 0.656. The maximum absolute atomic E-state index is 6.64. The molecule has 0 saturated heterocycles. The zero-order chi connectivity index (χ0) is 17.0. The van der Waals surface area contributed by atoms with Crippen molar-refractivity contribution in [2.75, 3.05) is 0 Å². The van der Waals surface area contributed by atoms with Gasteiger partial charge in [-0.2, -0.15) is 5.10 Å². The van der Waals surface area contributed by atoms with Crippen LogP contribution in [0.2, 0.25) is 5.02 Å². The molecule has 0 aliphatic heterocycles. The third kappa shape index (κ3) is 2.23. The standard InChI is InChI=1S/C19H10BrClN4/c20-11-6-7-16-13(8-11)17(21)14-9-22-19-15(18(14)24-16)10-23-25(19)12-4-2-1-3-5-12/h1-10H. The molecule has 0 saturated carbocycles. The molecule has 0 spiro atoms. The second-order valence-corrected chi connectivity index (χ2v) is 7.03. The van der Waals surface area contributed by atoms with Crippen molar-refractivity contribution in [2.45, 2.75) is 0 Å². The molecule has 0 aliphatic rings. The first-order chi connectivity index (χ1) is 12.2. The van der Waals surface area contributed by atoms with E-state index in [2.05, 4.69) is 26.0 Å². The molecule has 0 radical (unpaired) electrons. The highest BCUT2D eigenvalue weighted by Crippen LogP contribution is 2.34. The molecule has 3 aromatic heterocycles. The number of halogens is 2. The zero-order valence-corrected chi connectivity index (χ0v) is 15.2. The van der Waals surface area contributed by atoms with Crippen LogP contribution in [0.5, 0.6) is 0 Å². The van der Waals surface area contributed by atoms with Gasteiger partial charge in [0.2, 0.25) is 0 Å². The highest BCUT2D eigenvalue weighted by Gasteiger charge is 2.14. The van der Waals surface area contributed by atoms with Crippen LogP contribution >= 0.6 is 27.5 Å². The van der Waals surface area contributed by atoms with Gasteiger partial charge in [0.15, 0.2) is 5.65 Å². The van der Waals surface area contributed by atoms with Crippen molar-refractivity contribution < 1.29 is 0 Å². The fourth-order valence-corrected chi connectivity index (χ4v) is 3.70. The minimum atomic E-state index is 0.656. The lowest BCUT2D eigenvalue weighted by atomic mass is 10.1. The number of fused-ring (bicyclic) bond motifs is 4. The molecule has 25 heavy (non-hydrogen) atoms. The van der Waals surface area contributed by atoms with Crippen LogP contribution in [0.4, 0.5) is 0 Å². The number of hydrogen-bond acceptors (Lipinski definition) is 3. The van der Waals surface area contributed by atoms with Crippen molar-refractivity contribution in [1.82, 2.24) is 19.7 Å². The van der Waals surface area contributed by atoms with Gasteiger partial charge < -0.3 is 0 Å². The molecule has 0 amide bonds. The summed E-state index contributed by atoms with van der Waals surface area (Å²) in [6.07, 6.45) is 3.57. The van der Waals surface area contributed by atoms with Crippen LogP contribution in [0.15, 0.2) is 65.4 Å². The van der Waals surface area contributed by atoms with Gasteiger partial charge in [-0.25, -0.2) is 14.6 Å². The van der Waals surface area contributed by atoms with Crippen molar-refractivity contribution >= 4 is 60.4 Å². The fourth-order valence-electron chi connectivity index (χ4n) is 3.05. The molecule has 3 heterocycles. The lowest BCUT2D eigenvalue weighted by Crippen LogP contribution is -1.97. The second kappa shape index (κ2) is 5.51. The number of pyridine rings is 2. The van der Waals surface area contributed by atoms with Gasteiger partial charge in [-0.05, 0) is 30.3 Å². The van der Waals surface area contributed by atoms with Gasteiger partial charge in [0, 0.05) is 21.4 Å². The summed E-state index contributed by atoms with van der Waals surface area (Å²) in [7, 11) is 0. The van der Waals surface area contributed by atoms with Crippen molar-refractivity contribution in [1.29, 1.82) is 0 Å². The molecule has 5 aromatic rings. The number of aromatic nitrogens is 4. The summed E-state index contributed by atoms with van der Waals surface area (Å²) >= 11 is 10.1. The molecular formula is C19H10BrClN4. The Morgan fingerprint density at radius 1 is 0.920 bits per heavy atom. The lowest BCUT2D eigenvalue weighted by molar-refractivity contribution is 0.897. The zero-order valence-electron chi connectivity index (χ0n) is 12.8. The Labute approximate surface area is 156 Å². The number of hydrogen-bond donors (Lipinski definition) is 0. The smallest absolute Gasteiger partial charge is 0.165 e. The Bertz CT molecular complexity index is 1260. The molecule has 0 fully saturated rings. The third-order valence-electron chi connectivity index (χ3n) is 4.23. The van der Waals surface area contributed by atoms with Gasteiger partial charge in [-0.3, -0.25) is 0 Å². The van der Waals surface area contributed by atoms with Gasteiger partial charge in [0.25, 0.3) is 0 Å². The van der Waals surface area contributed by atoms with E-state index in [0.717, 1.165) is 43.0 Å². The Hall–Kier alpha value is -2.50. The Morgan fingerprint density at radius 3 is 2.60 bits per heavy atom. The second-order valence-electron chi connectivity index (χ2n) is 5.74. The molecule has 0 atom stereocenters. The summed E-state index contributed by atoms with van der Waals surface area (Å²) in [6, 6.07) is 15.8. The molecule has 2 aromatic carbocycles. The van der Waals surface area contributed by atoms with E-state index in [1.54, 1.807) is 12.4 Å². The highest BCUT2D eigenvalue weighted by atomic mass is 79.9. The van der Waals surface area contributed by atoms with Crippen LogP contribution < -0.4 is 0 Å². The normalized spacial score (nSPS) is 11.6. The van der Waals surface area contributed by atoms with E-state index >= 15 is 0 Å². The molecular weight excluding hydrogens is 400 g/mol. The maximum Gasteiger partial charge on any atom is 0.165 e. The predicted molar refractivity (Wildman–Crippen MR) is 104 cm³/mol. The first kappa shape index (κ1) is 14.8. The van der Waals surface area contributed by atoms with Gasteiger partial charge in [-0.15, -0.1) is 0 Å². The van der Waals surface area contributed by atoms with E-state index in [4.69, 9.17) is 16.6 Å². The van der Waals surface area contributed by atoms with Crippen molar-refractivity contribution in [3.8, 4) is 5.69 Å². The van der Waals surface area contributed by atoms with Gasteiger partial charge >= 0.3 is 0 Å². The summed E-state index contributed by atoms with van der Waals surface area (Å²) in [4.78, 5) is 9.42. The molecule has 6 heteroatoms. The van der Waals surface area contributed by atoms with E-state index in [-0.39, 0.29) is 0 Å². The molecule has 0 unspecified atom stereocenters. The summed E-state index contributed by atoms with van der Waals surface area (Å²) in [5.41, 5.74) is 3.38. The third-order valence-corrected chi connectivity index (χ3v) is 5.14. The van der Waals surface area contributed by atoms with E-state index in [1.165, 1.54) is 0 Å². The van der Waals surface area contributed by atoms with Gasteiger partial charge in [0.05, 0.1) is 33.3 Å². The Balaban J connectivity index is 1.88. The minimum Gasteiger partial charge on any atom is -0.247 e. The fraction of sp³-hybridized carbons (Fsp3) is 0. The average molecular weight is 410 g/mol. The van der Waals surface area contributed by atoms with Crippen LogP contribution in [-0.4, -0.2) is 19.7 Å². The van der Waals surface area contributed by atoms with Crippen molar-refractivity contribution in [2.24, 2.45) is 0 Å². The Kier molecular flexibility index (Phi) is 3.26. The van der Waals surface area contributed by atoms with E-state index < -0.39 is 0 Å². The maximum atomic E-state index is 6.64. The first-order valence-corrected chi connectivity index (χ1v) is 8.86. The summed E-state index contributed by atoms with van der Waals surface area (Å²) in [5, 5.41) is 7.77. The van der Waals surface area contributed by atoms with Crippen LogP contribution in [-0.2, 0) is 0 Å². The van der Waals surface area contributed by atoms with Crippen molar-refractivity contribution in [3.63, 3.8) is 0 Å². The molecule has 5 rings (SSSR count). The van der Waals surface area contributed by atoms with Gasteiger partial charge in [0.1, 0.15) is 0 Å². The van der Waals surface area contributed by atoms with Crippen LogP contribution in [0.1, 0.15) is 0 Å². The van der Waals surface area contributed by atoms with Crippen LogP contribution in [0, 0.1) is 0 Å². The molecule has 4 nitrogen and oxygen atoms in total.